The number of hydrogen-bond donors (Lipinski definition) is 0. The average molecular weight is 687 g/mol. The van der Waals surface area contributed by atoms with Crippen molar-refractivity contribution < 1.29 is 0 Å². The zero-order valence-corrected chi connectivity index (χ0v) is 29.1. The second kappa shape index (κ2) is 11.1. The second-order valence-corrected chi connectivity index (χ2v) is 14.2. The Labute approximate surface area is 310 Å². The maximum Gasteiger partial charge on any atom is 0.235 e. The van der Waals surface area contributed by atoms with E-state index in [9.17, 15) is 0 Å². The molecule has 0 radical (unpaired) electrons. The van der Waals surface area contributed by atoms with Gasteiger partial charge in [-0.05, 0) is 75.0 Å². The van der Waals surface area contributed by atoms with Gasteiger partial charge in [-0.15, -0.1) is 0 Å². The van der Waals surface area contributed by atoms with Crippen LogP contribution in [0, 0.1) is 0 Å². The Hall–Kier alpha value is -7.30. The third-order valence-electron chi connectivity index (χ3n) is 11.3. The van der Waals surface area contributed by atoms with Gasteiger partial charge in [-0.3, -0.25) is 4.57 Å². The van der Waals surface area contributed by atoms with Crippen LogP contribution >= 0.6 is 0 Å². The number of para-hydroxylation sites is 2. The molecule has 0 saturated heterocycles. The Morgan fingerprint density at radius 3 is 1.48 bits per heavy atom. The van der Waals surface area contributed by atoms with E-state index in [0.29, 0.717) is 5.95 Å². The lowest BCUT2D eigenvalue weighted by molar-refractivity contribution is 0.994. The third kappa shape index (κ3) is 4.02. The van der Waals surface area contributed by atoms with Crippen molar-refractivity contribution >= 4 is 54.4 Å². The van der Waals surface area contributed by atoms with Crippen molar-refractivity contribution in [2.75, 3.05) is 0 Å². The fourth-order valence-electron chi connectivity index (χ4n) is 9.04. The summed E-state index contributed by atoms with van der Waals surface area (Å²) in [6.07, 6.45) is 2.03. The highest BCUT2D eigenvalue weighted by molar-refractivity contribution is 6.29. The van der Waals surface area contributed by atoms with E-state index in [1.807, 2.05) is 6.20 Å². The number of fused-ring (bicyclic) bond motifs is 16. The fraction of sp³-hybridized carbons (Fsp3) is 0. The van der Waals surface area contributed by atoms with Crippen LogP contribution < -0.4 is 0 Å². The van der Waals surface area contributed by atoms with Crippen LogP contribution in [0.15, 0.2) is 182 Å². The van der Waals surface area contributed by atoms with E-state index in [0.717, 1.165) is 39.1 Å². The predicted molar refractivity (Wildman–Crippen MR) is 224 cm³/mol. The van der Waals surface area contributed by atoms with Gasteiger partial charge >= 0.3 is 0 Å². The first-order valence-electron chi connectivity index (χ1n) is 18.4. The first-order chi connectivity index (χ1) is 26.8. The molecule has 4 nitrogen and oxygen atoms in total. The van der Waals surface area contributed by atoms with Gasteiger partial charge < -0.3 is 4.57 Å². The standard InChI is InChI=1S/C50H30N4/c1-2-14-32-29-33(26-25-31(32)13-1)53-43-23-11-9-21-40(43)47-45(53)27-28-46-48(47)41-22-10-12-24-44(41)54(46)50-51-30-42-38-19-6-5-17-36(38)34-15-3-4-16-35(34)37-18-7-8-20-39(37)49(42)52-50/h1-30H. The summed E-state index contributed by atoms with van der Waals surface area (Å²) in [5.41, 5.74) is 14.6. The zero-order chi connectivity index (χ0) is 35.3. The molecule has 0 amide bonds. The van der Waals surface area contributed by atoms with Crippen molar-refractivity contribution in [1.82, 2.24) is 19.1 Å². The van der Waals surface area contributed by atoms with Gasteiger partial charge in [-0.2, -0.15) is 0 Å². The molecule has 0 atom stereocenters. The molecule has 0 spiro atoms. The maximum atomic E-state index is 5.54. The van der Waals surface area contributed by atoms with Gasteiger partial charge in [-0.1, -0.05) is 140 Å². The lowest BCUT2D eigenvalue weighted by Gasteiger charge is -2.22. The van der Waals surface area contributed by atoms with Crippen LogP contribution in [0.4, 0.5) is 0 Å². The Bertz CT molecular complexity index is 3340. The van der Waals surface area contributed by atoms with E-state index in [1.54, 1.807) is 0 Å². The van der Waals surface area contributed by atoms with Crippen LogP contribution in [0.3, 0.4) is 0 Å². The molecule has 250 valence electrons. The quantitative estimate of drug-likeness (QED) is 0.181. The van der Waals surface area contributed by atoms with E-state index in [-0.39, 0.29) is 0 Å². The van der Waals surface area contributed by atoms with Crippen LogP contribution in [0.2, 0.25) is 0 Å². The number of hydrogen-bond acceptors (Lipinski definition) is 2. The van der Waals surface area contributed by atoms with Gasteiger partial charge in [0.25, 0.3) is 0 Å². The Morgan fingerprint density at radius 1 is 0.352 bits per heavy atom. The first kappa shape index (κ1) is 29.3. The van der Waals surface area contributed by atoms with Gasteiger partial charge in [-0.25, -0.2) is 9.97 Å². The fourth-order valence-corrected chi connectivity index (χ4v) is 9.04. The van der Waals surface area contributed by atoms with Crippen LogP contribution in [0.25, 0.3) is 111 Å². The lowest BCUT2D eigenvalue weighted by atomic mass is 9.83. The van der Waals surface area contributed by atoms with E-state index >= 15 is 0 Å². The van der Waals surface area contributed by atoms with Crippen LogP contribution in [0.1, 0.15) is 0 Å². The van der Waals surface area contributed by atoms with Crippen LogP contribution in [-0.2, 0) is 0 Å². The molecule has 0 fully saturated rings. The molecule has 0 aliphatic heterocycles. The normalized spacial score (nSPS) is 12.1. The van der Waals surface area contributed by atoms with Crippen LogP contribution in [-0.4, -0.2) is 19.1 Å². The molecule has 11 aromatic rings. The molecule has 8 aromatic carbocycles. The van der Waals surface area contributed by atoms with E-state index in [2.05, 4.69) is 185 Å². The molecule has 1 aliphatic rings. The van der Waals surface area contributed by atoms with Crippen molar-refractivity contribution in [2.45, 2.75) is 0 Å². The molecule has 3 aromatic heterocycles. The predicted octanol–water partition coefficient (Wildman–Crippen LogP) is 12.8. The molecule has 54 heavy (non-hydrogen) atoms. The highest BCUT2D eigenvalue weighted by atomic mass is 15.2. The minimum atomic E-state index is 0.652. The minimum absolute atomic E-state index is 0.652. The molecule has 12 rings (SSSR count). The largest absolute Gasteiger partial charge is 0.309 e. The summed E-state index contributed by atoms with van der Waals surface area (Å²) in [6.45, 7) is 0. The van der Waals surface area contributed by atoms with Crippen molar-refractivity contribution in [3.8, 4) is 56.3 Å². The Balaban J connectivity index is 1.16. The second-order valence-electron chi connectivity index (χ2n) is 14.2. The summed E-state index contributed by atoms with van der Waals surface area (Å²) in [6, 6.07) is 63.3. The number of nitrogens with zero attached hydrogens (tertiary/aromatic N) is 4. The first-order valence-corrected chi connectivity index (χ1v) is 18.4. The molecular weight excluding hydrogens is 657 g/mol. The highest BCUT2D eigenvalue weighted by Gasteiger charge is 2.26. The maximum absolute atomic E-state index is 5.54. The summed E-state index contributed by atoms with van der Waals surface area (Å²) in [5, 5.41) is 7.29. The van der Waals surface area contributed by atoms with Gasteiger partial charge in [0.05, 0.1) is 27.8 Å². The number of aromatic nitrogens is 4. The van der Waals surface area contributed by atoms with E-state index < -0.39 is 0 Å². The summed E-state index contributed by atoms with van der Waals surface area (Å²) >= 11 is 0. The molecule has 0 saturated carbocycles. The van der Waals surface area contributed by atoms with E-state index in [4.69, 9.17) is 9.97 Å². The molecule has 0 unspecified atom stereocenters. The van der Waals surface area contributed by atoms with Gasteiger partial charge in [0.2, 0.25) is 5.95 Å². The van der Waals surface area contributed by atoms with Crippen molar-refractivity contribution in [1.29, 1.82) is 0 Å². The molecule has 1 aliphatic carbocycles. The summed E-state index contributed by atoms with van der Waals surface area (Å²) in [5.74, 6) is 0.652. The van der Waals surface area contributed by atoms with Gasteiger partial charge in [0.15, 0.2) is 0 Å². The Morgan fingerprint density at radius 2 is 0.833 bits per heavy atom. The smallest absolute Gasteiger partial charge is 0.235 e. The topological polar surface area (TPSA) is 35.6 Å². The summed E-state index contributed by atoms with van der Waals surface area (Å²) in [7, 11) is 0. The van der Waals surface area contributed by atoms with Crippen LogP contribution in [0.5, 0.6) is 0 Å². The average Bonchev–Trinajstić information content (AvgIpc) is 3.76. The van der Waals surface area contributed by atoms with Gasteiger partial charge in [0.1, 0.15) is 0 Å². The van der Waals surface area contributed by atoms with E-state index in [1.165, 1.54) is 65.6 Å². The highest BCUT2D eigenvalue weighted by Crippen LogP contribution is 2.47. The zero-order valence-electron chi connectivity index (χ0n) is 29.1. The Kier molecular flexibility index (Phi) is 6.02. The number of benzene rings is 8. The molecule has 0 bridgehead atoms. The van der Waals surface area contributed by atoms with Gasteiger partial charge in [0, 0.05) is 44.6 Å². The molecule has 4 heteroatoms. The molecule has 3 heterocycles. The SMILES string of the molecule is c1ccc2c(c1)-c1ccccc1-c1cnc(-n3c4ccccc4c4c5c6ccccc6n(-c6ccc7ccccc7c6)c5ccc43)nc1-c1ccccc1-2. The summed E-state index contributed by atoms with van der Waals surface area (Å²) < 4.78 is 4.67. The third-order valence-corrected chi connectivity index (χ3v) is 11.3. The monoisotopic (exact) mass is 686 g/mol. The number of rotatable bonds is 2. The van der Waals surface area contributed by atoms with Crippen molar-refractivity contribution in [2.24, 2.45) is 0 Å². The summed E-state index contributed by atoms with van der Waals surface area (Å²) in [4.78, 5) is 10.7. The van der Waals surface area contributed by atoms with Crippen molar-refractivity contribution in [3.63, 3.8) is 0 Å². The lowest BCUT2D eigenvalue weighted by Crippen LogP contribution is -2.05. The molecular formula is C50H30N4. The minimum Gasteiger partial charge on any atom is -0.309 e. The van der Waals surface area contributed by atoms with Crippen molar-refractivity contribution in [3.05, 3.63) is 182 Å². The molecule has 0 N–H and O–H groups in total.